The molecule has 2 heteroatoms. The average Bonchev–Trinajstić information content (AvgIpc) is 2.61. The molecule has 1 aliphatic carbocycles. The summed E-state index contributed by atoms with van der Waals surface area (Å²) in [5.74, 6) is 0. The highest BCUT2D eigenvalue weighted by atomic mass is 14.9. The summed E-state index contributed by atoms with van der Waals surface area (Å²) in [5, 5.41) is 6.96. The molecule has 0 saturated carbocycles. The molecule has 0 aromatic carbocycles. The van der Waals surface area contributed by atoms with Crippen molar-refractivity contribution in [2.75, 3.05) is 19.6 Å². The van der Waals surface area contributed by atoms with Gasteiger partial charge in [-0.2, -0.15) is 0 Å². The molecule has 0 fully saturated rings. The first-order valence-corrected chi connectivity index (χ1v) is 5.29. The van der Waals surface area contributed by atoms with Crippen LogP contribution in [0.5, 0.6) is 0 Å². The summed E-state index contributed by atoms with van der Waals surface area (Å²) in [5.41, 5.74) is 6.64. The minimum Gasteiger partial charge on any atom is -0.388 e. The normalized spacial score (nSPS) is 27.1. The van der Waals surface area contributed by atoms with Crippen LogP contribution >= 0.6 is 0 Å². The van der Waals surface area contributed by atoms with E-state index in [9.17, 15) is 0 Å². The molecule has 2 aliphatic heterocycles. The van der Waals surface area contributed by atoms with Gasteiger partial charge in [-0.1, -0.05) is 11.1 Å². The number of nitrogens with one attached hydrogen (secondary N) is 2. The number of hydrogen-bond acceptors (Lipinski definition) is 2. The summed E-state index contributed by atoms with van der Waals surface area (Å²) in [6, 6.07) is 0. The molecule has 3 aliphatic rings. The molecule has 0 saturated heterocycles. The fraction of sp³-hybridized carbons (Fsp3) is 0.636. The molecule has 0 radical (unpaired) electrons. The minimum absolute atomic E-state index is 1.13. The van der Waals surface area contributed by atoms with Gasteiger partial charge in [0.2, 0.25) is 0 Å². The van der Waals surface area contributed by atoms with Crippen LogP contribution < -0.4 is 10.6 Å². The van der Waals surface area contributed by atoms with Crippen LogP contribution in [0.25, 0.3) is 0 Å². The first kappa shape index (κ1) is 7.63. The maximum Gasteiger partial charge on any atom is 0.0182 e. The molecule has 2 nitrogen and oxygen atoms in total. The second kappa shape index (κ2) is 2.88. The third kappa shape index (κ3) is 1.20. The van der Waals surface area contributed by atoms with Crippen LogP contribution in [-0.2, 0) is 0 Å². The summed E-state index contributed by atoms with van der Waals surface area (Å²) >= 11 is 0. The Hall–Kier alpha value is -0.760. The predicted molar refractivity (Wildman–Crippen MR) is 53.4 cm³/mol. The Morgan fingerprint density at radius 1 is 0.846 bits per heavy atom. The quantitative estimate of drug-likeness (QED) is 0.544. The molecule has 3 rings (SSSR count). The van der Waals surface area contributed by atoms with Gasteiger partial charge in [0.1, 0.15) is 0 Å². The van der Waals surface area contributed by atoms with Crippen LogP contribution in [-0.4, -0.2) is 19.6 Å². The lowest BCUT2D eigenvalue weighted by Gasteiger charge is -2.26. The van der Waals surface area contributed by atoms with Crippen LogP contribution in [0.2, 0.25) is 0 Å². The second-order valence-corrected chi connectivity index (χ2v) is 4.25. The SMILES string of the molecule is C1CC2=C(CN1)CC1=C(CCN1)C2. The van der Waals surface area contributed by atoms with Crippen molar-refractivity contribution in [1.82, 2.24) is 10.6 Å². The zero-order valence-electron chi connectivity index (χ0n) is 7.95. The standard InChI is InChI=1S/C11H16N2/c1-3-12-7-10-6-11-9(2-4-13-11)5-8(1)10/h12-13H,1-7H2. The zero-order valence-corrected chi connectivity index (χ0v) is 7.95. The smallest absolute Gasteiger partial charge is 0.0182 e. The predicted octanol–water partition coefficient (Wildman–Crippen LogP) is 1.32. The van der Waals surface area contributed by atoms with Crippen molar-refractivity contribution in [1.29, 1.82) is 0 Å². The number of hydrogen-bond donors (Lipinski definition) is 2. The molecule has 2 N–H and O–H groups in total. The van der Waals surface area contributed by atoms with Gasteiger partial charge in [-0.15, -0.1) is 0 Å². The Bertz CT molecular complexity index is 271. The summed E-state index contributed by atoms with van der Waals surface area (Å²) in [7, 11) is 0. The van der Waals surface area contributed by atoms with Crippen LogP contribution in [0, 0.1) is 0 Å². The fourth-order valence-electron chi connectivity index (χ4n) is 2.67. The van der Waals surface area contributed by atoms with Crippen LogP contribution in [0.3, 0.4) is 0 Å². The van der Waals surface area contributed by atoms with Crippen molar-refractivity contribution >= 4 is 0 Å². The highest BCUT2D eigenvalue weighted by molar-refractivity contribution is 5.37. The van der Waals surface area contributed by atoms with Crippen molar-refractivity contribution in [3.05, 3.63) is 22.4 Å². The van der Waals surface area contributed by atoms with E-state index >= 15 is 0 Å². The molecule has 0 aromatic heterocycles. The van der Waals surface area contributed by atoms with Gasteiger partial charge in [0.05, 0.1) is 0 Å². The Morgan fingerprint density at radius 3 is 2.77 bits per heavy atom. The van der Waals surface area contributed by atoms with Crippen LogP contribution in [0.15, 0.2) is 22.4 Å². The van der Waals surface area contributed by atoms with Gasteiger partial charge in [-0.05, 0) is 31.4 Å². The maximum absolute atomic E-state index is 3.51. The molecule has 13 heavy (non-hydrogen) atoms. The third-order valence-electron chi connectivity index (χ3n) is 3.45. The lowest BCUT2D eigenvalue weighted by molar-refractivity contribution is 0.637. The summed E-state index contributed by atoms with van der Waals surface area (Å²) in [6.45, 7) is 3.50. The highest BCUT2D eigenvalue weighted by Gasteiger charge is 2.24. The van der Waals surface area contributed by atoms with E-state index in [1.54, 1.807) is 22.4 Å². The molecule has 0 amide bonds. The number of allylic oxidation sites excluding steroid dienone is 1. The first-order valence-electron chi connectivity index (χ1n) is 5.29. The molecule has 0 atom stereocenters. The van der Waals surface area contributed by atoms with Gasteiger partial charge in [-0.3, -0.25) is 0 Å². The maximum atomic E-state index is 3.51. The van der Waals surface area contributed by atoms with E-state index in [2.05, 4.69) is 10.6 Å². The summed E-state index contributed by atoms with van der Waals surface area (Å²) < 4.78 is 0. The van der Waals surface area contributed by atoms with Crippen molar-refractivity contribution in [2.45, 2.75) is 25.7 Å². The second-order valence-electron chi connectivity index (χ2n) is 4.25. The zero-order chi connectivity index (χ0) is 8.67. The van der Waals surface area contributed by atoms with Crippen molar-refractivity contribution in [3.8, 4) is 0 Å². The van der Waals surface area contributed by atoms with E-state index in [1.165, 1.54) is 38.8 Å². The van der Waals surface area contributed by atoms with Gasteiger partial charge in [0, 0.05) is 25.2 Å². The Kier molecular flexibility index (Phi) is 1.69. The molecule has 0 bridgehead atoms. The van der Waals surface area contributed by atoms with Crippen LogP contribution in [0.1, 0.15) is 25.7 Å². The molecule has 0 unspecified atom stereocenters. The van der Waals surface area contributed by atoms with E-state index < -0.39 is 0 Å². The molecular weight excluding hydrogens is 160 g/mol. The summed E-state index contributed by atoms with van der Waals surface area (Å²) in [6.07, 6.45) is 5.06. The Morgan fingerprint density at radius 2 is 1.77 bits per heavy atom. The average molecular weight is 176 g/mol. The van der Waals surface area contributed by atoms with Crippen molar-refractivity contribution < 1.29 is 0 Å². The molecule has 0 spiro atoms. The fourth-order valence-corrected chi connectivity index (χ4v) is 2.67. The van der Waals surface area contributed by atoms with Gasteiger partial charge in [0.15, 0.2) is 0 Å². The van der Waals surface area contributed by atoms with Crippen molar-refractivity contribution in [3.63, 3.8) is 0 Å². The topological polar surface area (TPSA) is 24.1 Å². The van der Waals surface area contributed by atoms with E-state index in [0.717, 1.165) is 6.54 Å². The lowest BCUT2D eigenvalue weighted by Crippen LogP contribution is -2.27. The largest absolute Gasteiger partial charge is 0.388 e. The van der Waals surface area contributed by atoms with E-state index in [0.29, 0.717) is 0 Å². The molecule has 0 aromatic rings. The van der Waals surface area contributed by atoms with Gasteiger partial charge >= 0.3 is 0 Å². The molecule has 70 valence electrons. The van der Waals surface area contributed by atoms with E-state index in [-0.39, 0.29) is 0 Å². The monoisotopic (exact) mass is 176 g/mol. The minimum atomic E-state index is 1.13. The highest BCUT2D eigenvalue weighted by Crippen LogP contribution is 2.35. The van der Waals surface area contributed by atoms with Crippen LogP contribution in [0.4, 0.5) is 0 Å². The number of rotatable bonds is 0. The van der Waals surface area contributed by atoms with Gasteiger partial charge < -0.3 is 10.6 Å². The third-order valence-corrected chi connectivity index (χ3v) is 3.45. The van der Waals surface area contributed by atoms with Gasteiger partial charge in [0.25, 0.3) is 0 Å². The first-order chi connectivity index (χ1) is 6.43. The lowest BCUT2D eigenvalue weighted by atomic mass is 9.86. The Labute approximate surface area is 79.1 Å². The molecular formula is C11H16N2. The van der Waals surface area contributed by atoms with E-state index in [4.69, 9.17) is 0 Å². The van der Waals surface area contributed by atoms with Crippen molar-refractivity contribution in [2.24, 2.45) is 0 Å². The Balaban J connectivity index is 1.87. The van der Waals surface area contributed by atoms with E-state index in [1.807, 2.05) is 0 Å². The van der Waals surface area contributed by atoms with Gasteiger partial charge in [-0.25, -0.2) is 0 Å². The summed E-state index contributed by atoms with van der Waals surface area (Å²) in [4.78, 5) is 0. The molecule has 2 heterocycles.